The Morgan fingerprint density at radius 3 is 2.48 bits per heavy atom. The molecule has 0 saturated carbocycles. The van der Waals surface area contributed by atoms with Crippen LogP contribution in [-0.2, 0) is 6.54 Å². The van der Waals surface area contributed by atoms with E-state index in [1.165, 1.54) is 17.4 Å². The molecule has 1 aliphatic rings. The minimum atomic E-state index is -4.25. The van der Waals surface area contributed by atoms with Crippen LogP contribution in [0.15, 0.2) is 59.5 Å². The van der Waals surface area contributed by atoms with E-state index in [4.69, 9.17) is 0 Å². The maximum absolute atomic E-state index is 13.0. The van der Waals surface area contributed by atoms with Gasteiger partial charge in [-0.2, -0.15) is 13.2 Å². The predicted molar refractivity (Wildman–Crippen MR) is 78.1 cm³/mol. The van der Waals surface area contributed by atoms with Crippen LogP contribution in [0.2, 0.25) is 0 Å². The highest BCUT2D eigenvalue weighted by atomic mass is 32.1. The highest BCUT2D eigenvalue weighted by Gasteiger charge is 2.40. The lowest BCUT2D eigenvalue weighted by Crippen LogP contribution is -2.26. The Morgan fingerprint density at radius 1 is 1.10 bits per heavy atom. The largest absolute Gasteiger partial charge is 0.413 e. The molecule has 0 aliphatic carbocycles. The molecule has 1 aromatic carbocycles. The Bertz CT molecular complexity index is 617. The molecule has 0 radical (unpaired) electrons. The molecule has 0 spiro atoms. The molecule has 5 heteroatoms. The second kappa shape index (κ2) is 5.66. The van der Waals surface area contributed by atoms with E-state index in [1.54, 1.807) is 0 Å². The van der Waals surface area contributed by atoms with Crippen LogP contribution in [0.3, 0.4) is 0 Å². The number of hydrogen-bond donors (Lipinski definition) is 0. The Morgan fingerprint density at radius 2 is 1.86 bits per heavy atom. The van der Waals surface area contributed by atoms with Gasteiger partial charge in [0.15, 0.2) is 0 Å². The second-order valence-electron chi connectivity index (χ2n) is 5.04. The van der Waals surface area contributed by atoms with E-state index in [0.717, 1.165) is 10.4 Å². The van der Waals surface area contributed by atoms with Gasteiger partial charge < -0.3 is 0 Å². The molecule has 1 nitrogen and oxygen atoms in total. The molecule has 0 fully saturated rings. The van der Waals surface area contributed by atoms with Crippen molar-refractivity contribution in [2.24, 2.45) is 0 Å². The van der Waals surface area contributed by atoms with Crippen LogP contribution >= 0.6 is 11.3 Å². The molecule has 21 heavy (non-hydrogen) atoms. The molecule has 2 aromatic rings. The summed E-state index contributed by atoms with van der Waals surface area (Å²) in [6.45, 7) is 0.459. The molecule has 0 N–H and O–H groups in total. The van der Waals surface area contributed by atoms with Crippen molar-refractivity contribution in [3.8, 4) is 0 Å². The molecule has 1 unspecified atom stereocenters. The minimum Gasteiger partial charge on any atom is -0.284 e. The third kappa shape index (κ3) is 3.19. The highest BCUT2D eigenvalue weighted by Crippen LogP contribution is 2.39. The average molecular weight is 309 g/mol. The number of alkyl halides is 3. The first-order chi connectivity index (χ1) is 10.0. The van der Waals surface area contributed by atoms with Crippen LogP contribution in [0, 0.1) is 0 Å². The summed E-state index contributed by atoms with van der Waals surface area (Å²) in [7, 11) is 0. The normalized spacial score (nSPS) is 19.8. The molecule has 0 saturated heterocycles. The number of halogens is 3. The van der Waals surface area contributed by atoms with Crippen LogP contribution in [-0.4, -0.2) is 17.6 Å². The minimum absolute atomic E-state index is 0.0546. The summed E-state index contributed by atoms with van der Waals surface area (Å²) in [6.07, 6.45) is -2.89. The summed E-state index contributed by atoms with van der Waals surface area (Å²) in [5, 5.41) is 1.90. The average Bonchev–Trinajstić information content (AvgIpc) is 3.07. The highest BCUT2D eigenvalue weighted by molar-refractivity contribution is 7.10. The van der Waals surface area contributed by atoms with Crippen molar-refractivity contribution in [1.82, 2.24) is 4.90 Å². The van der Waals surface area contributed by atoms with Gasteiger partial charge in [0.2, 0.25) is 0 Å². The van der Waals surface area contributed by atoms with Gasteiger partial charge in [-0.15, -0.1) is 11.3 Å². The van der Waals surface area contributed by atoms with Crippen molar-refractivity contribution in [1.29, 1.82) is 0 Å². The molecule has 1 aromatic heterocycles. The van der Waals surface area contributed by atoms with Gasteiger partial charge in [-0.25, -0.2) is 0 Å². The van der Waals surface area contributed by atoms with E-state index in [9.17, 15) is 13.2 Å². The molecular formula is C16H14F3NS. The number of nitrogens with zero attached hydrogens (tertiary/aromatic N) is 1. The van der Waals surface area contributed by atoms with Crippen molar-refractivity contribution in [2.45, 2.75) is 18.8 Å². The SMILES string of the molecule is FC(F)(F)C1=CC(c2cccs2)N(Cc2ccccc2)C1. The summed E-state index contributed by atoms with van der Waals surface area (Å²) in [5.74, 6) is 0. The molecule has 110 valence electrons. The van der Waals surface area contributed by atoms with E-state index >= 15 is 0 Å². The fraction of sp³-hybridized carbons (Fsp3) is 0.250. The number of benzene rings is 1. The van der Waals surface area contributed by atoms with Crippen molar-refractivity contribution in [3.63, 3.8) is 0 Å². The van der Waals surface area contributed by atoms with Crippen LogP contribution in [0.5, 0.6) is 0 Å². The summed E-state index contributed by atoms with van der Waals surface area (Å²) >= 11 is 1.49. The van der Waals surface area contributed by atoms with E-state index < -0.39 is 11.7 Å². The number of hydrogen-bond acceptors (Lipinski definition) is 2. The first kappa shape index (κ1) is 14.4. The van der Waals surface area contributed by atoms with E-state index in [0.29, 0.717) is 6.54 Å². The van der Waals surface area contributed by atoms with Crippen LogP contribution in [0.1, 0.15) is 16.5 Å². The summed E-state index contributed by atoms with van der Waals surface area (Å²) in [4.78, 5) is 2.81. The zero-order valence-corrected chi connectivity index (χ0v) is 12.0. The second-order valence-corrected chi connectivity index (χ2v) is 6.02. The Kier molecular flexibility index (Phi) is 3.87. The predicted octanol–water partition coefficient (Wildman–Crippen LogP) is 4.79. The molecule has 0 amide bonds. The van der Waals surface area contributed by atoms with Gasteiger partial charge in [0, 0.05) is 23.5 Å². The quantitative estimate of drug-likeness (QED) is 0.737. The summed E-state index contributed by atoms with van der Waals surface area (Å²) in [6, 6.07) is 13.1. The third-order valence-corrected chi connectivity index (χ3v) is 4.50. The smallest absolute Gasteiger partial charge is 0.284 e. The first-order valence-electron chi connectivity index (χ1n) is 6.63. The van der Waals surface area contributed by atoms with Gasteiger partial charge in [-0.3, -0.25) is 4.90 Å². The maximum atomic E-state index is 13.0. The lowest BCUT2D eigenvalue weighted by molar-refractivity contribution is -0.0937. The molecule has 1 atom stereocenters. The van der Waals surface area contributed by atoms with Gasteiger partial charge in [0.05, 0.1) is 6.04 Å². The maximum Gasteiger partial charge on any atom is 0.413 e. The van der Waals surface area contributed by atoms with Crippen molar-refractivity contribution in [3.05, 3.63) is 69.9 Å². The Labute approximate surface area is 125 Å². The fourth-order valence-electron chi connectivity index (χ4n) is 2.54. The van der Waals surface area contributed by atoms with Gasteiger partial charge in [0.1, 0.15) is 0 Å². The number of thiophene rings is 1. The summed E-state index contributed by atoms with van der Waals surface area (Å²) < 4.78 is 39.0. The van der Waals surface area contributed by atoms with E-state index in [1.807, 2.05) is 52.7 Å². The molecular weight excluding hydrogens is 295 g/mol. The standard InChI is InChI=1S/C16H14F3NS/c17-16(18,19)13-9-14(15-7-4-8-21-15)20(11-13)10-12-5-2-1-3-6-12/h1-9,14H,10-11H2. The van der Waals surface area contributed by atoms with E-state index in [-0.39, 0.29) is 12.6 Å². The number of rotatable bonds is 3. The zero-order chi connectivity index (χ0) is 14.9. The molecule has 2 heterocycles. The summed E-state index contributed by atoms with van der Waals surface area (Å²) in [5.41, 5.74) is 0.577. The molecule has 3 rings (SSSR count). The fourth-order valence-corrected chi connectivity index (χ4v) is 3.37. The lowest BCUT2D eigenvalue weighted by atomic mass is 10.2. The monoisotopic (exact) mass is 309 g/mol. The van der Waals surface area contributed by atoms with Crippen molar-refractivity contribution < 1.29 is 13.2 Å². The lowest BCUT2D eigenvalue weighted by Gasteiger charge is -2.24. The van der Waals surface area contributed by atoms with Crippen LogP contribution < -0.4 is 0 Å². The first-order valence-corrected chi connectivity index (χ1v) is 7.51. The topological polar surface area (TPSA) is 3.24 Å². The molecule has 0 bridgehead atoms. The van der Waals surface area contributed by atoms with Crippen molar-refractivity contribution in [2.75, 3.05) is 6.54 Å². The Hall–Kier alpha value is -1.59. The zero-order valence-electron chi connectivity index (χ0n) is 11.2. The van der Waals surface area contributed by atoms with Crippen LogP contribution in [0.25, 0.3) is 0 Å². The third-order valence-electron chi connectivity index (χ3n) is 3.55. The van der Waals surface area contributed by atoms with Gasteiger partial charge in [-0.1, -0.05) is 42.5 Å². The molecule has 1 aliphatic heterocycles. The van der Waals surface area contributed by atoms with Gasteiger partial charge >= 0.3 is 6.18 Å². The van der Waals surface area contributed by atoms with Gasteiger partial charge in [-0.05, 0) is 17.0 Å². The van der Waals surface area contributed by atoms with Gasteiger partial charge in [0.25, 0.3) is 0 Å². The van der Waals surface area contributed by atoms with Crippen LogP contribution in [0.4, 0.5) is 13.2 Å². The Balaban J connectivity index is 1.86. The van der Waals surface area contributed by atoms with E-state index in [2.05, 4.69) is 0 Å². The van der Waals surface area contributed by atoms with Crippen molar-refractivity contribution >= 4 is 11.3 Å².